The van der Waals surface area contributed by atoms with E-state index >= 15 is 0 Å². The Morgan fingerprint density at radius 3 is 2.67 bits per heavy atom. The molecule has 4 nitrogen and oxygen atoms in total. The molecule has 4 heteroatoms. The number of amides is 1. The van der Waals surface area contributed by atoms with E-state index in [9.17, 15) is 4.79 Å². The number of carbonyl (C=O) groups is 1. The number of nitrogens with two attached hydrogens (primary N) is 1. The topological polar surface area (TPSA) is 55.6 Å². The molecule has 1 amide bonds. The highest BCUT2D eigenvalue weighted by Gasteiger charge is 2.29. The molecule has 1 saturated carbocycles. The van der Waals surface area contributed by atoms with Crippen LogP contribution in [0.2, 0.25) is 0 Å². The second kappa shape index (κ2) is 6.58. The van der Waals surface area contributed by atoms with Crippen LogP contribution in [-0.4, -0.2) is 43.7 Å². The van der Waals surface area contributed by atoms with Gasteiger partial charge in [0.1, 0.15) is 0 Å². The molecule has 1 aliphatic heterocycles. The second-order valence-electron chi connectivity index (χ2n) is 6.05. The summed E-state index contributed by atoms with van der Waals surface area (Å²) in [5, 5.41) is 0. The van der Waals surface area contributed by atoms with Gasteiger partial charge in [-0.2, -0.15) is 0 Å². The maximum atomic E-state index is 12.6. The number of hydrogen-bond acceptors (Lipinski definition) is 3. The normalized spacial score (nSPS) is 20.3. The lowest BCUT2D eigenvalue weighted by Gasteiger charge is -2.30. The molecule has 21 heavy (non-hydrogen) atoms. The monoisotopic (exact) mass is 288 g/mol. The Bertz CT molecular complexity index is 493. The number of hydrogen-bond donors (Lipinski definition) is 1. The van der Waals surface area contributed by atoms with Crippen molar-refractivity contribution in [2.24, 2.45) is 11.7 Å². The highest BCUT2D eigenvalue weighted by molar-refractivity contribution is 5.79. The standard InChI is InChI=1S/C17H24N2O2/c18-12-15(17(20)19-7-9-21-10-8-19)11-14-3-1-2-4-16(14)13-5-6-13/h1-4,13,15H,5-12,18H2. The van der Waals surface area contributed by atoms with Crippen molar-refractivity contribution in [1.82, 2.24) is 4.90 Å². The van der Waals surface area contributed by atoms with Crippen molar-refractivity contribution in [3.05, 3.63) is 35.4 Å². The predicted molar refractivity (Wildman–Crippen MR) is 82.1 cm³/mol. The van der Waals surface area contributed by atoms with Gasteiger partial charge in [-0.3, -0.25) is 4.79 Å². The highest BCUT2D eigenvalue weighted by atomic mass is 16.5. The molecule has 1 heterocycles. The van der Waals surface area contributed by atoms with Crippen LogP contribution in [-0.2, 0) is 16.0 Å². The van der Waals surface area contributed by atoms with Crippen molar-refractivity contribution in [1.29, 1.82) is 0 Å². The lowest BCUT2D eigenvalue weighted by molar-refractivity contribution is -0.139. The Morgan fingerprint density at radius 2 is 2.00 bits per heavy atom. The number of nitrogens with zero attached hydrogens (tertiary/aromatic N) is 1. The van der Waals surface area contributed by atoms with Crippen LogP contribution < -0.4 is 5.73 Å². The van der Waals surface area contributed by atoms with Crippen molar-refractivity contribution in [3.63, 3.8) is 0 Å². The molecule has 0 aromatic heterocycles. The summed E-state index contributed by atoms with van der Waals surface area (Å²) >= 11 is 0. The van der Waals surface area contributed by atoms with E-state index in [-0.39, 0.29) is 11.8 Å². The fourth-order valence-electron chi connectivity index (χ4n) is 3.09. The molecular formula is C17H24N2O2. The summed E-state index contributed by atoms with van der Waals surface area (Å²) in [5.74, 6) is 0.785. The first-order valence-corrected chi connectivity index (χ1v) is 7.94. The summed E-state index contributed by atoms with van der Waals surface area (Å²) < 4.78 is 5.32. The number of carbonyl (C=O) groups excluding carboxylic acids is 1. The fourth-order valence-corrected chi connectivity index (χ4v) is 3.09. The lowest BCUT2D eigenvalue weighted by Crippen LogP contribution is -2.46. The molecule has 0 spiro atoms. The molecule has 2 fully saturated rings. The Kier molecular flexibility index (Phi) is 4.56. The maximum absolute atomic E-state index is 12.6. The van der Waals surface area contributed by atoms with Gasteiger partial charge in [0.05, 0.1) is 19.1 Å². The minimum absolute atomic E-state index is 0.108. The third kappa shape index (κ3) is 3.44. The van der Waals surface area contributed by atoms with E-state index in [0.29, 0.717) is 38.8 Å². The van der Waals surface area contributed by atoms with Crippen LogP contribution in [0.3, 0.4) is 0 Å². The smallest absolute Gasteiger partial charge is 0.227 e. The molecule has 1 aromatic carbocycles. The molecule has 1 saturated heterocycles. The molecule has 3 rings (SSSR count). The summed E-state index contributed by atoms with van der Waals surface area (Å²) in [4.78, 5) is 14.5. The van der Waals surface area contributed by atoms with Crippen LogP contribution in [0.4, 0.5) is 0 Å². The van der Waals surface area contributed by atoms with Crippen molar-refractivity contribution >= 4 is 5.91 Å². The fraction of sp³-hybridized carbons (Fsp3) is 0.588. The number of morpholine rings is 1. The van der Waals surface area contributed by atoms with Gasteiger partial charge in [-0.25, -0.2) is 0 Å². The van der Waals surface area contributed by atoms with E-state index < -0.39 is 0 Å². The van der Waals surface area contributed by atoms with Crippen molar-refractivity contribution in [2.75, 3.05) is 32.8 Å². The first kappa shape index (κ1) is 14.5. The summed E-state index contributed by atoms with van der Waals surface area (Å²) in [6.07, 6.45) is 3.32. The summed E-state index contributed by atoms with van der Waals surface area (Å²) in [6, 6.07) is 8.52. The van der Waals surface area contributed by atoms with Crippen LogP contribution in [0, 0.1) is 5.92 Å². The van der Waals surface area contributed by atoms with Crippen LogP contribution in [0.25, 0.3) is 0 Å². The molecule has 1 aliphatic carbocycles. The minimum Gasteiger partial charge on any atom is -0.378 e. The molecule has 0 bridgehead atoms. The third-order valence-corrected chi connectivity index (χ3v) is 4.50. The maximum Gasteiger partial charge on any atom is 0.227 e. The molecule has 1 atom stereocenters. The largest absolute Gasteiger partial charge is 0.378 e. The van der Waals surface area contributed by atoms with Gasteiger partial charge in [-0.15, -0.1) is 0 Å². The van der Waals surface area contributed by atoms with E-state index in [4.69, 9.17) is 10.5 Å². The van der Waals surface area contributed by atoms with Gasteiger partial charge in [0.25, 0.3) is 0 Å². The van der Waals surface area contributed by atoms with Crippen LogP contribution >= 0.6 is 0 Å². The first-order valence-electron chi connectivity index (χ1n) is 7.94. The molecular weight excluding hydrogens is 264 g/mol. The number of rotatable bonds is 5. The quantitative estimate of drug-likeness (QED) is 0.894. The van der Waals surface area contributed by atoms with E-state index in [1.165, 1.54) is 24.0 Å². The van der Waals surface area contributed by atoms with Crippen molar-refractivity contribution in [2.45, 2.75) is 25.2 Å². The van der Waals surface area contributed by atoms with Gasteiger partial charge in [-0.05, 0) is 36.3 Å². The summed E-state index contributed by atoms with van der Waals surface area (Å²) in [6.45, 7) is 3.08. The molecule has 2 N–H and O–H groups in total. The van der Waals surface area contributed by atoms with E-state index in [1.807, 2.05) is 4.90 Å². The summed E-state index contributed by atoms with van der Waals surface area (Å²) in [5.41, 5.74) is 8.62. The van der Waals surface area contributed by atoms with Crippen molar-refractivity contribution in [3.8, 4) is 0 Å². The molecule has 1 unspecified atom stereocenters. The minimum atomic E-state index is -0.108. The number of benzene rings is 1. The van der Waals surface area contributed by atoms with Gasteiger partial charge in [0.2, 0.25) is 5.91 Å². The van der Waals surface area contributed by atoms with Gasteiger partial charge in [0.15, 0.2) is 0 Å². The second-order valence-corrected chi connectivity index (χ2v) is 6.05. The third-order valence-electron chi connectivity index (χ3n) is 4.50. The van der Waals surface area contributed by atoms with Crippen LogP contribution in [0.5, 0.6) is 0 Å². The SMILES string of the molecule is NCC(Cc1ccccc1C1CC1)C(=O)N1CCOCC1. The zero-order valence-electron chi connectivity index (χ0n) is 12.5. The van der Waals surface area contributed by atoms with Gasteiger partial charge in [-0.1, -0.05) is 24.3 Å². The van der Waals surface area contributed by atoms with Crippen LogP contribution in [0.15, 0.2) is 24.3 Å². The van der Waals surface area contributed by atoms with Crippen molar-refractivity contribution < 1.29 is 9.53 Å². The molecule has 1 aromatic rings. The van der Waals surface area contributed by atoms with E-state index in [1.54, 1.807) is 0 Å². The Hall–Kier alpha value is -1.39. The molecule has 2 aliphatic rings. The highest BCUT2D eigenvalue weighted by Crippen LogP contribution is 2.42. The number of ether oxygens (including phenoxy) is 1. The first-order chi connectivity index (χ1) is 10.3. The lowest BCUT2D eigenvalue weighted by atomic mass is 9.92. The Morgan fingerprint density at radius 1 is 1.29 bits per heavy atom. The molecule has 0 radical (unpaired) electrons. The average Bonchev–Trinajstić information content (AvgIpc) is 3.38. The Balaban J connectivity index is 1.70. The summed E-state index contributed by atoms with van der Waals surface area (Å²) in [7, 11) is 0. The zero-order valence-corrected chi connectivity index (χ0v) is 12.5. The van der Waals surface area contributed by atoms with Gasteiger partial charge < -0.3 is 15.4 Å². The zero-order chi connectivity index (χ0) is 14.7. The van der Waals surface area contributed by atoms with E-state index in [2.05, 4.69) is 24.3 Å². The molecule has 114 valence electrons. The predicted octanol–water partition coefficient (Wildman–Crippen LogP) is 1.54. The van der Waals surface area contributed by atoms with Crippen LogP contribution in [0.1, 0.15) is 29.9 Å². The van der Waals surface area contributed by atoms with Gasteiger partial charge >= 0.3 is 0 Å². The Labute approximate surface area is 126 Å². The van der Waals surface area contributed by atoms with Gasteiger partial charge in [0, 0.05) is 19.6 Å². The average molecular weight is 288 g/mol. The van der Waals surface area contributed by atoms with E-state index in [0.717, 1.165) is 6.42 Å².